The van der Waals surface area contributed by atoms with E-state index < -0.39 is 0 Å². The van der Waals surface area contributed by atoms with E-state index >= 15 is 0 Å². The van der Waals surface area contributed by atoms with Gasteiger partial charge in [0.05, 0.1) is 11.9 Å². The van der Waals surface area contributed by atoms with E-state index in [0.717, 1.165) is 5.56 Å². The number of aryl methyl sites for hydroxylation is 1. The van der Waals surface area contributed by atoms with Crippen LogP contribution in [-0.4, -0.2) is 11.6 Å². The molecule has 1 rings (SSSR count). The number of nitrogens with two attached hydrogens (primary N) is 1. The number of pyridine rings is 1. The third-order valence-corrected chi connectivity index (χ3v) is 1.45. The van der Waals surface area contributed by atoms with Gasteiger partial charge in [0, 0.05) is 11.8 Å². The van der Waals surface area contributed by atoms with E-state index in [1.165, 1.54) is 0 Å². The summed E-state index contributed by atoms with van der Waals surface area (Å²) in [4.78, 5) is 3.92. The minimum absolute atomic E-state index is 0.467. The molecule has 0 atom stereocenters. The van der Waals surface area contributed by atoms with Crippen LogP contribution in [0.2, 0.25) is 0 Å². The van der Waals surface area contributed by atoms with Crippen molar-refractivity contribution in [2.75, 3.05) is 12.3 Å². The molecule has 0 amide bonds. The number of hydrogen-bond donors (Lipinski definition) is 1. The molecule has 1 aromatic heterocycles. The molecule has 3 nitrogen and oxygen atoms in total. The Morgan fingerprint density at radius 1 is 1.67 bits per heavy atom. The number of hydrogen-bond acceptors (Lipinski definition) is 3. The number of ether oxygens (including phenoxy) is 1. The van der Waals surface area contributed by atoms with Crippen molar-refractivity contribution in [3.05, 3.63) is 30.6 Å². The van der Waals surface area contributed by atoms with Gasteiger partial charge in [-0.05, 0) is 6.92 Å². The molecule has 1 aromatic rings. The van der Waals surface area contributed by atoms with Crippen LogP contribution < -0.4 is 10.5 Å². The molecule has 12 heavy (non-hydrogen) atoms. The van der Waals surface area contributed by atoms with Crippen molar-refractivity contribution in [1.82, 2.24) is 4.98 Å². The van der Waals surface area contributed by atoms with Gasteiger partial charge >= 0.3 is 0 Å². The zero-order valence-electron chi connectivity index (χ0n) is 7.08. The van der Waals surface area contributed by atoms with E-state index in [1.807, 2.05) is 6.92 Å². The smallest absolute Gasteiger partial charge is 0.148 e. The summed E-state index contributed by atoms with van der Waals surface area (Å²) in [6, 6.07) is 0. The van der Waals surface area contributed by atoms with Crippen LogP contribution in [0, 0.1) is 6.92 Å². The van der Waals surface area contributed by atoms with Gasteiger partial charge in [0.25, 0.3) is 0 Å². The molecule has 0 bridgehead atoms. The normalized spacial score (nSPS) is 9.42. The van der Waals surface area contributed by atoms with E-state index in [1.54, 1.807) is 18.5 Å². The van der Waals surface area contributed by atoms with Crippen LogP contribution >= 0.6 is 0 Å². The molecule has 0 radical (unpaired) electrons. The highest BCUT2D eigenvalue weighted by Gasteiger charge is 2.02. The molecular formula is C9H12N2O. The molecular weight excluding hydrogens is 152 g/mol. The number of aromatic nitrogens is 1. The number of nitrogens with zero attached hydrogens (tertiary/aromatic N) is 1. The Bertz CT molecular complexity index is 264. The summed E-state index contributed by atoms with van der Waals surface area (Å²) in [5.74, 6) is 0.699. The van der Waals surface area contributed by atoms with E-state index in [-0.39, 0.29) is 0 Å². The predicted octanol–water partition coefficient (Wildman–Crippen LogP) is 1.54. The van der Waals surface area contributed by atoms with Crippen LogP contribution in [-0.2, 0) is 0 Å². The van der Waals surface area contributed by atoms with E-state index in [4.69, 9.17) is 10.5 Å². The average Bonchev–Trinajstić information content (AvgIpc) is 2.04. The van der Waals surface area contributed by atoms with Crippen LogP contribution in [0.3, 0.4) is 0 Å². The Morgan fingerprint density at radius 2 is 2.42 bits per heavy atom. The molecule has 0 aliphatic carbocycles. The standard InChI is InChI=1S/C9H12N2O/c1-3-4-12-9-7(2)5-11-6-8(9)10/h3,5-6H,1,4,10H2,2H3. The van der Waals surface area contributed by atoms with Gasteiger partial charge in [0.1, 0.15) is 12.4 Å². The second-order valence-corrected chi connectivity index (χ2v) is 2.47. The van der Waals surface area contributed by atoms with Crippen LogP contribution in [0.25, 0.3) is 0 Å². The monoisotopic (exact) mass is 164 g/mol. The molecule has 0 aliphatic heterocycles. The van der Waals surface area contributed by atoms with Crippen LogP contribution in [0.1, 0.15) is 5.56 Å². The fourth-order valence-corrected chi connectivity index (χ4v) is 0.914. The maximum absolute atomic E-state index is 5.64. The SMILES string of the molecule is C=CCOc1c(C)cncc1N. The molecule has 1 heterocycles. The lowest BCUT2D eigenvalue weighted by molar-refractivity contribution is 0.362. The highest BCUT2D eigenvalue weighted by Crippen LogP contribution is 2.23. The lowest BCUT2D eigenvalue weighted by atomic mass is 10.2. The third-order valence-electron chi connectivity index (χ3n) is 1.45. The molecule has 0 saturated heterocycles. The van der Waals surface area contributed by atoms with Gasteiger partial charge in [-0.1, -0.05) is 12.7 Å². The van der Waals surface area contributed by atoms with Crippen molar-refractivity contribution in [3.63, 3.8) is 0 Å². The van der Waals surface area contributed by atoms with Crippen LogP contribution in [0.15, 0.2) is 25.0 Å². The third kappa shape index (κ3) is 1.75. The number of nitrogen functional groups attached to an aromatic ring is 1. The molecule has 0 aliphatic rings. The van der Waals surface area contributed by atoms with Crippen molar-refractivity contribution in [3.8, 4) is 5.75 Å². The second kappa shape index (κ2) is 3.76. The van der Waals surface area contributed by atoms with Gasteiger partial charge in [-0.15, -0.1) is 0 Å². The van der Waals surface area contributed by atoms with Gasteiger partial charge in [0.2, 0.25) is 0 Å². The fourth-order valence-electron chi connectivity index (χ4n) is 0.914. The summed E-state index contributed by atoms with van der Waals surface area (Å²) in [5, 5.41) is 0. The summed E-state index contributed by atoms with van der Waals surface area (Å²) < 4.78 is 5.33. The molecule has 0 saturated carbocycles. The molecule has 0 aromatic carbocycles. The van der Waals surface area contributed by atoms with Gasteiger partial charge in [-0.3, -0.25) is 4.98 Å². The van der Waals surface area contributed by atoms with Crippen LogP contribution in [0.5, 0.6) is 5.75 Å². The lowest BCUT2D eigenvalue weighted by Gasteiger charge is -2.08. The van der Waals surface area contributed by atoms with Crippen molar-refractivity contribution in [2.45, 2.75) is 6.92 Å². The van der Waals surface area contributed by atoms with Gasteiger partial charge in [0.15, 0.2) is 0 Å². The Hall–Kier alpha value is -1.51. The first-order chi connectivity index (χ1) is 5.75. The molecule has 64 valence electrons. The first kappa shape index (κ1) is 8.59. The summed E-state index contributed by atoms with van der Waals surface area (Å²) in [7, 11) is 0. The Labute approximate surface area is 71.9 Å². The minimum atomic E-state index is 0.467. The molecule has 0 unspecified atom stereocenters. The summed E-state index contributed by atoms with van der Waals surface area (Å²) in [5.41, 5.74) is 7.15. The van der Waals surface area contributed by atoms with E-state index in [2.05, 4.69) is 11.6 Å². The Kier molecular flexibility index (Phi) is 2.69. The highest BCUT2D eigenvalue weighted by molar-refractivity contribution is 5.54. The van der Waals surface area contributed by atoms with Crippen LogP contribution in [0.4, 0.5) is 5.69 Å². The Morgan fingerprint density at radius 3 is 3.00 bits per heavy atom. The maximum atomic E-state index is 5.64. The molecule has 0 spiro atoms. The highest BCUT2D eigenvalue weighted by atomic mass is 16.5. The summed E-state index contributed by atoms with van der Waals surface area (Å²) in [6.07, 6.45) is 4.97. The topological polar surface area (TPSA) is 48.1 Å². The average molecular weight is 164 g/mol. The second-order valence-electron chi connectivity index (χ2n) is 2.47. The predicted molar refractivity (Wildman–Crippen MR) is 49.1 cm³/mol. The van der Waals surface area contributed by atoms with Crippen molar-refractivity contribution in [1.29, 1.82) is 0 Å². The fraction of sp³-hybridized carbons (Fsp3) is 0.222. The van der Waals surface area contributed by atoms with E-state index in [9.17, 15) is 0 Å². The minimum Gasteiger partial charge on any atom is -0.487 e. The quantitative estimate of drug-likeness (QED) is 0.689. The zero-order chi connectivity index (χ0) is 8.97. The molecule has 3 heteroatoms. The van der Waals surface area contributed by atoms with E-state index in [0.29, 0.717) is 18.0 Å². The Balaban J connectivity index is 2.88. The summed E-state index contributed by atoms with van der Waals surface area (Å²) >= 11 is 0. The number of rotatable bonds is 3. The zero-order valence-corrected chi connectivity index (χ0v) is 7.08. The molecule has 2 N–H and O–H groups in total. The van der Waals surface area contributed by atoms with Crippen molar-refractivity contribution in [2.24, 2.45) is 0 Å². The van der Waals surface area contributed by atoms with Crippen molar-refractivity contribution < 1.29 is 4.74 Å². The van der Waals surface area contributed by atoms with Gasteiger partial charge in [-0.25, -0.2) is 0 Å². The largest absolute Gasteiger partial charge is 0.487 e. The molecule has 0 fully saturated rings. The first-order valence-corrected chi connectivity index (χ1v) is 3.69. The van der Waals surface area contributed by atoms with Crippen molar-refractivity contribution >= 4 is 5.69 Å². The number of anilines is 1. The maximum Gasteiger partial charge on any atom is 0.148 e. The summed E-state index contributed by atoms with van der Waals surface area (Å²) in [6.45, 7) is 5.93. The van der Waals surface area contributed by atoms with Gasteiger partial charge in [-0.2, -0.15) is 0 Å². The first-order valence-electron chi connectivity index (χ1n) is 3.69. The lowest BCUT2D eigenvalue weighted by Crippen LogP contribution is -2.00. The van der Waals surface area contributed by atoms with Gasteiger partial charge < -0.3 is 10.5 Å².